The van der Waals surface area contributed by atoms with Crippen LogP contribution in [0.15, 0.2) is 23.1 Å². The molecule has 2 rings (SSSR count). The largest absolute Gasteiger partial charge is 0.333 e. The first kappa shape index (κ1) is 16.3. The third kappa shape index (κ3) is 3.65. The highest BCUT2D eigenvalue weighted by Gasteiger charge is 2.25. The van der Waals surface area contributed by atoms with Gasteiger partial charge in [0.25, 0.3) is 5.91 Å². The zero-order valence-electron chi connectivity index (χ0n) is 11.6. The molecule has 0 aromatic heterocycles. The second-order valence-electron chi connectivity index (χ2n) is 4.73. The molecule has 0 spiro atoms. The molecule has 19 heavy (non-hydrogen) atoms. The molecular weight excluding hydrogens is 280 g/mol. The number of hydrogen-bond donors (Lipinski definition) is 1. The van der Waals surface area contributed by atoms with Gasteiger partial charge in [-0.2, -0.15) is 0 Å². The molecule has 1 saturated heterocycles. The maximum atomic E-state index is 12.6. The van der Waals surface area contributed by atoms with Gasteiger partial charge in [0.05, 0.1) is 0 Å². The van der Waals surface area contributed by atoms with E-state index in [9.17, 15) is 4.79 Å². The maximum absolute atomic E-state index is 12.6. The van der Waals surface area contributed by atoms with Gasteiger partial charge < -0.3 is 10.2 Å². The van der Waals surface area contributed by atoms with E-state index in [1.165, 1.54) is 0 Å². The Hall–Kier alpha value is -0.710. The van der Waals surface area contributed by atoms with Crippen LogP contribution in [0.3, 0.4) is 0 Å². The average molecular weight is 301 g/mol. The van der Waals surface area contributed by atoms with Gasteiger partial charge >= 0.3 is 0 Å². The van der Waals surface area contributed by atoms with Crippen molar-refractivity contribution in [2.45, 2.75) is 24.8 Å². The van der Waals surface area contributed by atoms with E-state index in [0.717, 1.165) is 35.7 Å². The minimum absolute atomic E-state index is 0. The predicted octanol–water partition coefficient (Wildman–Crippen LogP) is 2.57. The molecule has 3 nitrogen and oxygen atoms in total. The lowest BCUT2D eigenvalue weighted by Crippen LogP contribution is -2.52. The van der Waals surface area contributed by atoms with Crippen molar-refractivity contribution in [1.82, 2.24) is 10.2 Å². The number of carbonyl (C=O) groups excluding carboxylic acids is 1. The number of rotatable bonds is 2. The molecule has 106 valence electrons. The quantitative estimate of drug-likeness (QED) is 0.852. The first-order chi connectivity index (χ1) is 8.63. The summed E-state index contributed by atoms with van der Waals surface area (Å²) in [5.74, 6) is 0.164. The van der Waals surface area contributed by atoms with E-state index in [4.69, 9.17) is 0 Å². The fourth-order valence-corrected chi connectivity index (χ4v) is 2.70. The SMILES string of the molecule is CSc1ccc(C)c(C(=O)N2CCNCC2C)c1.Cl. The summed E-state index contributed by atoms with van der Waals surface area (Å²) < 4.78 is 0. The zero-order chi connectivity index (χ0) is 13.1. The second-order valence-corrected chi connectivity index (χ2v) is 5.61. The van der Waals surface area contributed by atoms with Crippen molar-refractivity contribution in [3.63, 3.8) is 0 Å². The van der Waals surface area contributed by atoms with Crippen LogP contribution >= 0.6 is 24.2 Å². The van der Waals surface area contributed by atoms with Gasteiger partial charge in [0.1, 0.15) is 0 Å². The number of thioether (sulfide) groups is 1. The number of carbonyl (C=O) groups is 1. The lowest BCUT2D eigenvalue weighted by Gasteiger charge is -2.34. The average Bonchev–Trinajstić information content (AvgIpc) is 2.39. The number of amides is 1. The fourth-order valence-electron chi connectivity index (χ4n) is 2.26. The third-order valence-corrected chi connectivity index (χ3v) is 4.16. The van der Waals surface area contributed by atoms with Crippen LogP contribution in [-0.2, 0) is 0 Å². The molecule has 1 heterocycles. The Kier molecular flexibility index (Phi) is 6.17. The standard InChI is InChI=1S/C14H20N2OS.ClH/c1-10-4-5-12(18-3)8-13(10)14(17)16-7-6-15-9-11(16)2;/h4-5,8,11,15H,6-7,9H2,1-3H3;1H. The van der Waals surface area contributed by atoms with Crippen LogP contribution in [0.2, 0.25) is 0 Å². The summed E-state index contributed by atoms with van der Waals surface area (Å²) in [5.41, 5.74) is 1.90. The summed E-state index contributed by atoms with van der Waals surface area (Å²) in [7, 11) is 0. The highest BCUT2D eigenvalue weighted by Crippen LogP contribution is 2.21. The first-order valence-corrected chi connectivity index (χ1v) is 7.52. The molecule has 1 aromatic carbocycles. The number of nitrogens with zero attached hydrogens (tertiary/aromatic N) is 1. The normalized spacial score (nSPS) is 18.9. The van der Waals surface area contributed by atoms with Gasteiger partial charge in [-0.1, -0.05) is 6.07 Å². The molecule has 0 aliphatic carbocycles. The Morgan fingerprint density at radius 1 is 1.47 bits per heavy atom. The van der Waals surface area contributed by atoms with Crippen LogP contribution in [-0.4, -0.2) is 42.7 Å². The van der Waals surface area contributed by atoms with Crippen molar-refractivity contribution in [3.8, 4) is 0 Å². The van der Waals surface area contributed by atoms with Crippen molar-refractivity contribution in [1.29, 1.82) is 0 Å². The first-order valence-electron chi connectivity index (χ1n) is 6.30. The molecule has 1 aliphatic heterocycles. The van der Waals surface area contributed by atoms with Gasteiger partial charge in [-0.05, 0) is 37.8 Å². The van der Waals surface area contributed by atoms with Crippen LogP contribution < -0.4 is 5.32 Å². The summed E-state index contributed by atoms with van der Waals surface area (Å²) >= 11 is 1.67. The second kappa shape index (κ2) is 7.17. The van der Waals surface area contributed by atoms with Gasteiger partial charge in [0.2, 0.25) is 0 Å². The smallest absolute Gasteiger partial charge is 0.254 e. The summed E-state index contributed by atoms with van der Waals surface area (Å²) in [5, 5.41) is 3.31. The van der Waals surface area contributed by atoms with Crippen LogP contribution in [0, 0.1) is 6.92 Å². The van der Waals surface area contributed by atoms with Gasteiger partial charge in [-0.15, -0.1) is 24.2 Å². The van der Waals surface area contributed by atoms with Gasteiger partial charge in [-0.3, -0.25) is 4.79 Å². The molecule has 1 unspecified atom stereocenters. The van der Waals surface area contributed by atoms with E-state index in [-0.39, 0.29) is 24.4 Å². The van der Waals surface area contributed by atoms with Gasteiger partial charge in [-0.25, -0.2) is 0 Å². The van der Waals surface area contributed by atoms with Crippen molar-refractivity contribution < 1.29 is 4.79 Å². The molecule has 1 N–H and O–H groups in total. The molecule has 5 heteroatoms. The number of halogens is 1. The number of hydrogen-bond acceptors (Lipinski definition) is 3. The molecule has 1 amide bonds. The summed E-state index contributed by atoms with van der Waals surface area (Å²) in [4.78, 5) is 15.7. The van der Waals surface area contributed by atoms with Crippen LogP contribution in [0.1, 0.15) is 22.8 Å². The Morgan fingerprint density at radius 3 is 2.84 bits per heavy atom. The minimum Gasteiger partial charge on any atom is -0.333 e. The number of benzene rings is 1. The maximum Gasteiger partial charge on any atom is 0.254 e. The Balaban J connectivity index is 0.00000180. The fraction of sp³-hybridized carbons (Fsp3) is 0.500. The molecule has 0 radical (unpaired) electrons. The highest BCUT2D eigenvalue weighted by molar-refractivity contribution is 7.98. The number of nitrogens with one attached hydrogen (secondary N) is 1. The number of piperazine rings is 1. The van der Waals surface area contributed by atoms with E-state index in [1.807, 2.05) is 30.2 Å². The molecule has 1 atom stereocenters. The van der Waals surface area contributed by atoms with E-state index in [1.54, 1.807) is 11.8 Å². The van der Waals surface area contributed by atoms with Crippen molar-refractivity contribution in [2.75, 3.05) is 25.9 Å². The topological polar surface area (TPSA) is 32.3 Å². The third-order valence-electron chi connectivity index (χ3n) is 3.44. The van der Waals surface area contributed by atoms with Crippen LogP contribution in [0.5, 0.6) is 0 Å². The van der Waals surface area contributed by atoms with Gasteiger partial charge in [0, 0.05) is 36.1 Å². The van der Waals surface area contributed by atoms with Gasteiger partial charge in [0.15, 0.2) is 0 Å². The van der Waals surface area contributed by atoms with Crippen molar-refractivity contribution in [3.05, 3.63) is 29.3 Å². The zero-order valence-corrected chi connectivity index (χ0v) is 13.2. The lowest BCUT2D eigenvalue weighted by atomic mass is 10.1. The van der Waals surface area contributed by atoms with Crippen LogP contribution in [0.25, 0.3) is 0 Å². The minimum atomic E-state index is 0. The lowest BCUT2D eigenvalue weighted by molar-refractivity contribution is 0.0655. The van der Waals surface area contributed by atoms with E-state index < -0.39 is 0 Å². The predicted molar refractivity (Wildman–Crippen MR) is 83.6 cm³/mol. The molecule has 1 aromatic rings. The van der Waals surface area contributed by atoms with Crippen LogP contribution in [0.4, 0.5) is 0 Å². The van der Waals surface area contributed by atoms with Crippen molar-refractivity contribution in [2.24, 2.45) is 0 Å². The summed E-state index contributed by atoms with van der Waals surface area (Å²) in [6, 6.07) is 6.38. The molecular formula is C14H21ClN2OS. The molecule has 1 aliphatic rings. The Bertz CT molecular complexity index is 453. The Labute approximate surface area is 125 Å². The molecule has 0 saturated carbocycles. The van der Waals surface area contributed by atoms with E-state index in [2.05, 4.69) is 18.3 Å². The molecule has 0 bridgehead atoms. The summed E-state index contributed by atoms with van der Waals surface area (Å²) in [6.45, 7) is 6.66. The summed E-state index contributed by atoms with van der Waals surface area (Å²) in [6.07, 6.45) is 2.03. The highest BCUT2D eigenvalue weighted by atomic mass is 35.5. The monoisotopic (exact) mass is 300 g/mol. The molecule has 1 fully saturated rings. The van der Waals surface area contributed by atoms with Crippen molar-refractivity contribution >= 4 is 30.1 Å². The Morgan fingerprint density at radius 2 is 2.21 bits per heavy atom. The van der Waals surface area contributed by atoms with E-state index in [0.29, 0.717) is 0 Å². The van der Waals surface area contributed by atoms with E-state index >= 15 is 0 Å². The number of aryl methyl sites for hydroxylation is 1.